The molecule has 0 amide bonds. The number of nitrogens with one attached hydrogen (secondary N) is 1. The number of nitrogens with zero attached hydrogens (tertiary/aromatic N) is 1. The molecule has 1 aromatic heterocycles. The molecule has 2 aromatic rings. The van der Waals surface area contributed by atoms with E-state index >= 15 is 0 Å². The summed E-state index contributed by atoms with van der Waals surface area (Å²) >= 11 is 4.81. The predicted octanol–water partition coefficient (Wildman–Crippen LogP) is 4.45. The highest BCUT2D eigenvalue weighted by Crippen LogP contribution is 2.25. The first kappa shape index (κ1) is 14.3. The summed E-state index contributed by atoms with van der Waals surface area (Å²) in [5, 5.41) is 4.07. The van der Waals surface area contributed by atoms with Crippen LogP contribution in [0.25, 0.3) is 0 Å². The molecule has 1 heterocycles. The third-order valence-corrected chi connectivity index (χ3v) is 3.76. The highest BCUT2D eigenvalue weighted by molar-refractivity contribution is 9.10. The van der Waals surface area contributed by atoms with Crippen LogP contribution in [0.3, 0.4) is 0 Å². The van der Waals surface area contributed by atoms with Gasteiger partial charge >= 0.3 is 0 Å². The first-order chi connectivity index (χ1) is 9.19. The van der Waals surface area contributed by atoms with Crippen LogP contribution in [-0.2, 0) is 6.61 Å². The van der Waals surface area contributed by atoms with E-state index in [1.807, 2.05) is 0 Å². The Morgan fingerprint density at radius 3 is 3.11 bits per heavy atom. The van der Waals surface area contributed by atoms with Gasteiger partial charge in [-0.1, -0.05) is 34.2 Å². The number of anilines is 1. The summed E-state index contributed by atoms with van der Waals surface area (Å²) < 4.78 is 19.7. The van der Waals surface area contributed by atoms with Crippen molar-refractivity contribution in [3.8, 4) is 5.75 Å². The van der Waals surface area contributed by atoms with Crippen LogP contribution in [0, 0.1) is 5.82 Å². The molecule has 19 heavy (non-hydrogen) atoms. The SMILES string of the molecule is CCCNc1ncc(COc2cc(Br)ccc2F)s1. The second kappa shape index (κ2) is 6.86. The Kier molecular flexibility index (Phi) is 5.15. The summed E-state index contributed by atoms with van der Waals surface area (Å²) in [4.78, 5) is 5.19. The van der Waals surface area contributed by atoms with Crippen LogP contribution in [0.1, 0.15) is 18.2 Å². The van der Waals surface area contributed by atoms with Crippen LogP contribution in [-0.4, -0.2) is 11.5 Å². The molecule has 2 rings (SSSR count). The fourth-order valence-electron chi connectivity index (χ4n) is 1.42. The zero-order valence-electron chi connectivity index (χ0n) is 10.5. The zero-order valence-corrected chi connectivity index (χ0v) is 12.9. The van der Waals surface area contributed by atoms with E-state index < -0.39 is 0 Å². The minimum absolute atomic E-state index is 0.242. The largest absolute Gasteiger partial charge is 0.485 e. The lowest BCUT2D eigenvalue weighted by atomic mass is 10.3. The van der Waals surface area contributed by atoms with Crippen LogP contribution in [0.4, 0.5) is 9.52 Å². The molecule has 0 radical (unpaired) electrons. The van der Waals surface area contributed by atoms with E-state index in [-0.39, 0.29) is 11.6 Å². The number of ether oxygens (including phenoxy) is 1. The van der Waals surface area contributed by atoms with Gasteiger partial charge in [-0.3, -0.25) is 0 Å². The number of benzene rings is 1. The molecule has 6 heteroatoms. The number of hydrogen-bond acceptors (Lipinski definition) is 4. The Morgan fingerprint density at radius 1 is 1.47 bits per heavy atom. The second-order valence-corrected chi connectivity index (χ2v) is 5.95. The number of rotatable bonds is 6. The summed E-state index contributed by atoms with van der Waals surface area (Å²) in [6, 6.07) is 4.63. The van der Waals surface area contributed by atoms with E-state index in [9.17, 15) is 4.39 Å². The molecular formula is C13H14BrFN2OS. The van der Waals surface area contributed by atoms with Gasteiger partial charge in [0.2, 0.25) is 0 Å². The molecule has 0 bridgehead atoms. The normalized spacial score (nSPS) is 10.5. The molecule has 1 N–H and O–H groups in total. The average molecular weight is 345 g/mol. The maximum absolute atomic E-state index is 13.5. The number of thiazole rings is 1. The van der Waals surface area contributed by atoms with Crippen molar-refractivity contribution in [3.63, 3.8) is 0 Å². The highest BCUT2D eigenvalue weighted by atomic mass is 79.9. The summed E-state index contributed by atoms with van der Waals surface area (Å²) in [6.45, 7) is 3.31. The average Bonchev–Trinajstić information content (AvgIpc) is 2.85. The van der Waals surface area contributed by atoms with Crippen LogP contribution in [0.5, 0.6) is 5.75 Å². The third-order valence-electron chi connectivity index (χ3n) is 2.34. The lowest BCUT2D eigenvalue weighted by Gasteiger charge is -2.05. The molecule has 0 aliphatic carbocycles. The van der Waals surface area contributed by atoms with Crippen molar-refractivity contribution in [2.24, 2.45) is 0 Å². The van der Waals surface area contributed by atoms with Crippen molar-refractivity contribution >= 4 is 32.4 Å². The summed E-state index contributed by atoms with van der Waals surface area (Å²) in [7, 11) is 0. The Morgan fingerprint density at radius 2 is 2.32 bits per heavy atom. The van der Waals surface area contributed by atoms with Crippen molar-refractivity contribution in [1.29, 1.82) is 0 Å². The summed E-state index contributed by atoms with van der Waals surface area (Å²) in [6.07, 6.45) is 2.80. The third kappa shape index (κ3) is 4.18. The van der Waals surface area contributed by atoms with Crippen molar-refractivity contribution < 1.29 is 9.13 Å². The lowest BCUT2D eigenvalue weighted by Crippen LogP contribution is -1.98. The van der Waals surface area contributed by atoms with E-state index in [0.717, 1.165) is 27.4 Å². The first-order valence-electron chi connectivity index (χ1n) is 5.95. The fourth-order valence-corrected chi connectivity index (χ4v) is 2.52. The number of halogens is 2. The second-order valence-electron chi connectivity index (χ2n) is 3.92. The minimum Gasteiger partial charge on any atom is -0.485 e. The standard InChI is InChI=1S/C13H14BrFN2OS/c1-2-5-16-13-17-7-10(19-13)8-18-12-6-9(14)3-4-11(12)15/h3-4,6-7H,2,5,8H2,1H3,(H,16,17). The molecule has 3 nitrogen and oxygen atoms in total. The van der Waals surface area contributed by atoms with Gasteiger partial charge in [0.05, 0.1) is 4.88 Å². The van der Waals surface area contributed by atoms with Gasteiger partial charge in [0, 0.05) is 17.2 Å². The van der Waals surface area contributed by atoms with Gasteiger partial charge in [-0.25, -0.2) is 9.37 Å². The fraction of sp³-hybridized carbons (Fsp3) is 0.308. The molecule has 0 aliphatic rings. The van der Waals surface area contributed by atoms with E-state index in [1.54, 1.807) is 18.3 Å². The van der Waals surface area contributed by atoms with Crippen molar-refractivity contribution in [3.05, 3.63) is 39.6 Å². The van der Waals surface area contributed by atoms with Crippen molar-refractivity contribution in [1.82, 2.24) is 4.98 Å². The molecule has 102 valence electrons. The topological polar surface area (TPSA) is 34.2 Å². The van der Waals surface area contributed by atoms with Crippen LogP contribution >= 0.6 is 27.3 Å². The van der Waals surface area contributed by atoms with Gasteiger partial charge in [-0.2, -0.15) is 0 Å². The van der Waals surface area contributed by atoms with Gasteiger partial charge in [-0.05, 0) is 24.6 Å². The Bertz CT molecular complexity index is 547. The van der Waals surface area contributed by atoms with Gasteiger partial charge in [0.15, 0.2) is 16.7 Å². The first-order valence-corrected chi connectivity index (χ1v) is 7.56. The van der Waals surface area contributed by atoms with Gasteiger partial charge in [-0.15, -0.1) is 0 Å². The molecule has 0 atom stereocenters. The highest BCUT2D eigenvalue weighted by Gasteiger charge is 2.06. The molecule has 0 spiro atoms. The van der Waals surface area contributed by atoms with Gasteiger partial charge in [0.25, 0.3) is 0 Å². The monoisotopic (exact) mass is 344 g/mol. The maximum atomic E-state index is 13.5. The Labute approximate surface area is 124 Å². The smallest absolute Gasteiger partial charge is 0.182 e. The zero-order chi connectivity index (χ0) is 13.7. The lowest BCUT2D eigenvalue weighted by molar-refractivity contribution is 0.293. The summed E-state index contributed by atoms with van der Waals surface area (Å²) in [5.74, 6) is -0.122. The van der Waals surface area contributed by atoms with Crippen molar-refractivity contribution in [2.75, 3.05) is 11.9 Å². The molecular weight excluding hydrogens is 331 g/mol. The van der Waals surface area contributed by atoms with E-state index in [1.165, 1.54) is 17.4 Å². The number of aromatic nitrogens is 1. The molecule has 0 saturated heterocycles. The van der Waals surface area contributed by atoms with E-state index in [0.29, 0.717) is 6.61 Å². The molecule has 0 fully saturated rings. The number of hydrogen-bond donors (Lipinski definition) is 1. The maximum Gasteiger partial charge on any atom is 0.182 e. The van der Waals surface area contributed by atoms with Gasteiger partial charge in [0.1, 0.15) is 6.61 Å². The van der Waals surface area contributed by atoms with Crippen LogP contribution < -0.4 is 10.1 Å². The molecule has 0 unspecified atom stereocenters. The summed E-state index contributed by atoms with van der Waals surface area (Å²) in [5.41, 5.74) is 0. The minimum atomic E-state index is -0.364. The molecule has 0 saturated carbocycles. The van der Waals surface area contributed by atoms with Crippen molar-refractivity contribution in [2.45, 2.75) is 20.0 Å². The molecule has 1 aromatic carbocycles. The molecule has 0 aliphatic heterocycles. The van der Waals surface area contributed by atoms with E-state index in [4.69, 9.17) is 4.74 Å². The van der Waals surface area contributed by atoms with Crippen LogP contribution in [0.2, 0.25) is 0 Å². The van der Waals surface area contributed by atoms with Crippen LogP contribution in [0.15, 0.2) is 28.9 Å². The Balaban J connectivity index is 1.94. The van der Waals surface area contributed by atoms with Gasteiger partial charge < -0.3 is 10.1 Å². The predicted molar refractivity (Wildman–Crippen MR) is 79.3 cm³/mol. The quantitative estimate of drug-likeness (QED) is 0.840. The van der Waals surface area contributed by atoms with E-state index in [2.05, 4.69) is 33.2 Å². The Hall–Kier alpha value is -1.14.